The number of rotatable bonds is 7. The van der Waals surface area contributed by atoms with Gasteiger partial charge in [0, 0.05) is 17.5 Å². The molecule has 0 spiro atoms. The maximum atomic E-state index is 13.4. The lowest BCUT2D eigenvalue weighted by Crippen LogP contribution is -2.25. The average molecular weight is 561 g/mol. The zero-order valence-corrected chi connectivity index (χ0v) is 22.2. The Kier molecular flexibility index (Phi) is 7.08. The smallest absolute Gasteiger partial charge is 0.313 e. The lowest BCUT2D eigenvalue weighted by atomic mass is 9.88. The van der Waals surface area contributed by atoms with Gasteiger partial charge >= 0.3 is 5.69 Å². The summed E-state index contributed by atoms with van der Waals surface area (Å²) in [5.41, 5.74) is 1.11. The molecule has 0 N–H and O–H groups in total. The van der Waals surface area contributed by atoms with E-state index in [-0.39, 0.29) is 41.3 Å². The van der Waals surface area contributed by atoms with Crippen molar-refractivity contribution in [1.29, 1.82) is 0 Å². The third kappa shape index (κ3) is 5.10. The van der Waals surface area contributed by atoms with Gasteiger partial charge in [0.2, 0.25) is 12.5 Å². The van der Waals surface area contributed by atoms with Crippen molar-refractivity contribution in [2.24, 2.45) is 5.10 Å². The first-order valence-corrected chi connectivity index (χ1v) is 13.4. The van der Waals surface area contributed by atoms with Crippen molar-refractivity contribution in [2.75, 3.05) is 6.79 Å². The van der Waals surface area contributed by atoms with Crippen LogP contribution in [0.1, 0.15) is 55.0 Å². The van der Waals surface area contributed by atoms with Crippen LogP contribution in [0.15, 0.2) is 64.5 Å². The highest BCUT2D eigenvalue weighted by molar-refractivity contribution is 6.32. The number of fused-ring (bicyclic) bond motifs is 2. The molecule has 0 bridgehead atoms. The zero-order chi connectivity index (χ0) is 27.6. The summed E-state index contributed by atoms with van der Waals surface area (Å²) in [7, 11) is 0. The van der Waals surface area contributed by atoms with Gasteiger partial charge in [0.1, 0.15) is 12.4 Å². The highest BCUT2D eigenvalue weighted by Crippen LogP contribution is 2.38. The monoisotopic (exact) mass is 560 g/mol. The van der Waals surface area contributed by atoms with E-state index < -0.39 is 4.92 Å². The van der Waals surface area contributed by atoms with Crippen molar-refractivity contribution >= 4 is 34.4 Å². The van der Waals surface area contributed by atoms with Crippen molar-refractivity contribution in [3.63, 3.8) is 0 Å². The Labute approximate surface area is 233 Å². The first-order chi connectivity index (χ1) is 19.5. The molecule has 0 radical (unpaired) electrons. The van der Waals surface area contributed by atoms with Crippen LogP contribution in [0.5, 0.6) is 17.2 Å². The van der Waals surface area contributed by atoms with E-state index in [4.69, 9.17) is 30.8 Å². The molecule has 0 saturated heterocycles. The lowest BCUT2D eigenvalue weighted by Gasteiger charge is -2.22. The van der Waals surface area contributed by atoms with E-state index in [9.17, 15) is 14.9 Å². The summed E-state index contributed by atoms with van der Waals surface area (Å²) >= 11 is 6.47. The zero-order valence-electron chi connectivity index (χ0n) is 21.4. The largest absolute Gasteiger partial charge is 0.481 e. The number of para-hydroxylation sites is 1. The van der Waals surface area contributed by atoms with Crippen LogP contribution in [-0.2, 0) is 6.61 Å². The Balaban J connectivity index is 1.32. The molecule has 1 saturated carbocycles. The molecule has 1 aliphatic heterocycles. The molecule has 0 atom stereocenters. The molecule has 1 aliphatic carbocycles. The van der Waals surface area contributed by atoms with Gasteiger partial charge in [0.05, 0.1) is 27.1 Å². The number of aromatic nitrogens is 2. The van der Waals surface area contributed by atoms with Gasteiger partial charge in [-0.25, -0.2) is 4.98 Å². The molecule has 11 heteroatoms. The number of hydrogen-bond acceptors (Lipinski definition) is 8. The van der Waals surface area contributed by atoms with Crippen LogP contribution in [0.4, 0.5) is 5.69 Å². The van der Waals surface area contributed by atoms with Gasteiger partial charge in [-0.15, -0.1) is 0 Å². The molecule has 4 aromatic rings. The van der Waals surface area contributed by atoms with Crippen LogP contribution >= 0.6 is 11.6 Å². The minimum absolute atomic E-state index is 0.0353. The second-order valence-electron chi connectivity index (χ2n) is 9.77. The second-order valence-corrected chi connectivity index (χ2v) is 10.2. The third-order valence-corrected chi connectivity index (χ3v) is 7.42. The number of nitro groups is 1. The normalized spacial score (nSPS) is 15.1. The summed E-state index contributed by atoms with van der Waals surface area (Å²) in [6.45, 7) is 0.178. The predicted octanol–water partition coefficient (Wildman–Crippen LogP) is 6.20. The van der Waals surface area contributed by atoms with Crippen LogP contribution in [0.2, 0.25) is 5.02 Å². The Morgan fingerprint density at radius 3 is 2.73 bits per heavy atom. The van der Waals surface area contributed by atoms with Crippen molar-refractivity contribution in [1.82, 2.24) is 9.66 Å². The molecule has 0 amide bonds. The summed E-state index contributed by atoms with van der Waals surface area (Å²) in [5, 5.41) is 16.9. The molecule has 204 valence electrons. The molecule has 10 nitrogen and oxygen atoms in total. The molecule has 40 heavy (non-hydrogen) atoms. The highest BCUT2D eigenvalue weighted by Gasteiger charge is 2.24. The van der Waals surface area contributed by atoms with Crippen molar-refractivity contribution in [3.05, 3.63) is 97.0 Å². The first-order valence-electron chi connectivity index (χ1n) is 13.0. The van der Waals surface area contributed by atoms with E-state index in [0.29, 0.717) is 33.8 Å². The van der Waals surface area contributed by atoms with Gasteiger partial charge in [-0.2, -0.15) is 9.78 Å². The van der Waals surface area contributed by atoms with Crippen LogP contribution < -0.4 is 19.8 Å². The Morgan fingerprint density at radius 2 is 1.90 bits per heavy atom. The third-order valence-electron chi connectivity index (χ3n) is 7.13. The number of halogens is 1. The Morgan fingerprint density at radius 1 is 1.10 bits per heavy atom. The van der Waals surface area contributed by atoms with E-state index in [2.05, 4.69) is 5.10 Å². The number of nitrogens with zero attached hydrogens (tertiary/aromatic N) is 4. The van der Waals surface area contributed by atoms with E-state index >= 15 is 0 Å². The van der Waals surface area contributed by atoms with Gasteiger partial charge < -0.3 is 14.2 Å². The standard InChI is InChI=1S/C29H25ClN4O6/c30-22-12-19(13-24(34(36)37)27(22)38-16-18-10-11-25-26(14-18)40-17-39-25)15-31-33-28(20-6-2-1-3-7-20)32-23-9-5-4-8-21(23)29(33)35/h4-5,8-15,20H,1-3,6-7,16-17H2. The minimum Gasteiger partial charge on any atom is -0.481 e. The second kappa shape index (κ2) is 11.0. The SMILES string of the molecule is O=c1c2ccccc2nc(C2CCCCC2)n1N=Cc1cc(Cl)c(OCc2ccc3c(c2)OCO3)c([N+](=O)[O-])c1. The molecule has 1 aromatic heterocycles. The molecule has 6 rings (SSSR count). The van der Waals surface area contributed by atoms with Gasteiger partial charge in [0.25, 0.3) is 5.56 Å². The quantitative estimate of drug-likeness (QED) is 0.150. The molecule has 2 heterocycles. The van der Waals surface area contributed by atoms with Crippen molar-refractivity contribution in [3.8, 4) is 17.2 Å². The molecule has 3 aromatic carbocycles. The lowest BCUT2D eigenvalue weighted by molar-refractivity contribution is -0.385. The summed E-state index contributed by atoms with van der Waals surface area (Å²) in [6, 6.07) is 15.3. The molecule has 1 fully saturated rings. The number of ether oxygens (including phenoxy) is 3. The van der Waals surface area contributed by atoms with Gasteiger partial charge in [-0.1, -0.05) is 49.1 Å². The number of nitro benzene ring substituents is 1. The summed E-state index contributed by atoms with van der Waals surface area (Å²) in [5.74, 6) is 1.86. The van der Waals surface area contributed by atoms with Crippen LogP contribution in [-0.4, -0.2) is 27.6 Å². The number of benzene rings is 3. The summed E-state index contributed by atoms with van der Waals surface area (Å²) in [6.07, 6.45) is 6.52. The van der Waals surface area contributed by atoms with Crippen molar-refractivity contribution < 1.29 is 19.1 Å². The van der Waals surface area contributed by atoms with Crippen LogP contribution in [0.25, 0.3) is 10.9 Å². The van der Waals surface area contributed by atoms with Crippen LogP contribution in [0, 0.1) is 10.1 Å². The molecule has 0 unspecified atom stereocenters. The molecular formula is C29H25ClN4O6. The summed E-state index contributed by atoms with van der Waals surface area (Å²) < 4.78 is 17.8. The maximum absolute atomic E-state index is 13.4. The summed E-state index contributed by atoms with van der Waals surface area (Å²) in [4.78, 5) is 29.6. The fourth-order valence-electron chi connectivity index (χ4n) is 5.14. The van der Waals surface area contributed by atoms with Gasteiger partial charge in [0.15, 0.2) is 11.5 Å². The fourth-order valence-corrected chi connectivity index (χ4v) is 5.42. The topological polar surface area (TPSA) is 118 Å². The van der Waals surface area contributed by atoms with E-state index in [1.165, 1.54) is 23.0 Å². The first kappa shape index (κ1) is 25.8. The van der Waals surface area contributed by atoms with Crippen LogP contribution in [0.3, 0.4) is 0 Å². The highest BCUT2D eigenvalue weighted by atomic mass is 35.5. The van der Waals surface area contributed by atoms with E-state index in [0.717, 1.165) is 37.7 Å². The number of hydrogen-bond donors (Lipinski definition) is 0. The Hall–Kier alpha value is -4.44. The Bertz CT molecular complexity index is 1700. The van der Waals surface area contributed by atoms with Gasteiger partial charge in [-0.05, 0) is 48.7 Å². The van der Waals surface area contributed by atoms with E-state index in [1.54, 1.807) is 30.3 Å². The molecule has 2 aliphatic rings. The minimum atomic E-state index is -0.560. The predicted molar refractivity (Wildman–Crippen MR) is 150 cm³/mol. The van der Waals surface area contributed by atoms with E-state index in [1.807, 2.05) is 12.1 Å². The fraction of sp³-hybridized carbons (Fsp3) is 0.276. The molecular weight excluding hydrogens is 536 g/mol. The maximum Gasteiger partial charge on any atom is 0.313 e. The van der Waals surface area contributed by atoms with Crippen molar-refractivity contribution in [2.45, 2.75) is 44.6 Å². The van der Waals surface area contributed by atoms with Gasteiger partial charge in [-0.3, -0.25) is 14.9 Å². The average Bonchev–Trinajstić information content (AvgIpc) is 3.44.